The first-order valence-electron chi connectivity index (χ1n) is 6.86. The van der Waals surface area contributed by atoms with Crippen LogP contribution in [0, 0.1) is 11.8 Å². The summed E-state index contributed by atoms with van der Waals surface area (Å²) in [5.74, 6) is -0.723. The summed E-state index contributed by atoms with van der Waals surface area (Å²) >= 11 is 3.27. The number of carbonyl (C=O) groups is 2. The second kappa shape index (κ2) is 8.14. The maximum Gasteiger partial charge on any atom is 0.337 e. The van der Waals surface area contributed by atoms with Gasteiger partial charge in [-0.05, 0) is 43.0 Å². The second-order valence-electron chi connectivity index (χ2n) is 5.48. The molecule has 21 heavy (non-hydrogen) atoms. The maximum atomic E-state index is 12.1. The van der Waals surface area contributed by atoms with E-state index in [0.29, 0.717) is 29.0 Å². The summed E-state index contributed by atoms with van der Waals surface area (Å²) in [6.45, 7) is 4.60. The van der Waals surface area contributed by atoms with Crippen molar-refractivity contribution in [2.24, 2.45) is 17.6 Å². The van der Waals surface area contributed by atoms with Gasteiger partial charge in [-0.1, -0.05) is 29.8 Å². The number of benzene rings is 1. The molecule has 0 aromatic heterocycles. The molecule has 6 heteroatoms. The Kier molecular flexibility index (Phi) is 6.84. The Bertz CT molecular complexity index is 518. The van der Waals surface area contributed by atoms with Gasteiger partial charge in [0.15, 0.2) is 0 Å². The highest BCUT2D eigenvalue weighted by Gasteiger charge is 2.17. The molecule has 0 heterocycles. The summed E-state index contributed by atoms with van der Waals surface area (Å²) in [5.41, 5.74) is 6.05. The summed E-state index contributed by atoms with van der Waals surface area (Å²) in [6.07, 6.45) is 1.16. The van der Waals surface area contributed by atoms with Crippen molar-refractivity contribution in [3.8, 4) is 0 Å². The number of amides is 1. The number of carboxylic acids is 1. The van der Waals surface area contributed by atoms with Gasteiger partial charge in [0.05, 0.1) is 11.3 Å². The number of aromatic carboxylic acids is 1. The SMILES string of the molecule is CC(C)CC(CN)CC(=O)Nc1cc(Br)ccc1C(=O)O. The lowest BCUT2D eigenvalue weighted by atomic mass is 9.94. The normalized spacial score (nSPS) is 12.2. The Morgan fingerprint density at radius 2 is 2.05 bits per heavy atom. The quantitative estimate of drug-likeness (QED) is 0.699. The van der Waals surface area contributed by atoms with Crippen molar-refractivity contribution in [3.63, 3.8) is 0 Å². The lowest BCUT2D eigenvalue weighted by Crippen LogP contribution is -2.24. The molecule has 0 saturated carbocycles. The summed E-state index contributed by atoms with van der Waals surface area (Å²) in [5, 5.41) is 11.8. The molecule has 1 aromatic carbocycles. The average Bonchev–Trinajstić information content (AvgIpc) is 2.36. The molecule has 0 aliphatic heterocycles. The highest BCUT2D eigenvalue weighted by Crippen LogP contribution is 2.23. The number of rotatable bonds is 7. The highest BCUT2D eigenvalue weighted by molar-refractivity contribution is 9.10. The van der Waals surface area contributed by atoms with E-state index in [4.69, 9.17) is 10.8 Å². The number of halogens is 1. The molecule has 0 aliphatic rings. The molecular formula is C15H21BrN2O3. The Labute approximate surface area is 133 Å². The van der Waals surface area contributed by atoms with Crippen molar-refractivity contribution in [1.29, 1.82) is 0 Å². The van der Waals surface area contributed by atoms with Crippen LogP contribution in [0.3, 0.4) is 0 Å². The number of nitrogens with two attached hydrogens (primary N) is 1. The van der Waals surface area contributed by atoms with Crippen LogP contribution in [0.2, 0.25) is 0 Å². The summed E-state index contributed by atoms with van der Waals surface area (Å²) in [4.78, 5) is 23.2. The van der Waals surface area contributed by atoms with Crippen molar-refractivity contribution < 1.29 is 14.7 Å². The number of carbonyl (C=O) groups excluding carboxylic acids is 1. The lowest BCUT2D eigenvalue weighted by Gasteiger charge is -2.17. The molecule has 4 N–H and O–H groups in total. The van der Waals surface area contributed by atoms with Gasteiger partial charge in [0.25, 0.3) is 0 Å². The van der Waals surface area contributed by atoms with Crippen LogP contribution in [0.4, 0.5) is 5.69 Å². The first kappa shape index (κ1) is 17.7. The molecule has 0 spiro atoms. The fourth-order valence-corrected chi connectivity index (χ4v) is 2.56. The number of nitrogens with one attached hydrogen (secondary N) is 1. The van der Waals surface area contributed by atoms with Crippen molar-refractivity contribution in [2.75, 3.05) is 11.9 Å². The molecule has 1 atom stereocenters. The van der Waals surface area contributed by atoms with Crippen LogP contribution in [0.25, 0.3) is 0 Å². The predicted octanol–water partition coefficient (Wildman–Crippen LogP) is 3.10. The van der Waals surface area contributed by atoms with Gasteiger partial charge >= 0.3 is 5.97 Å². The lowest BCUT2D eigenvalue weighted by molar-refractivity contribution is -0.117. The van der Waals surface area contributed by atoms with Crippen molar-refractivity contribution in [1.82, 2.24) is 0 Å². The summed E-state index contributed by atoms with van der Waals surface area (Å²) in [7, 11) is 0. The molecule has 0 radical (unpaired) electrons. The summed E-state index contributed by atoms with van der Waals surface area (Å²) in [6, 6.07) is 4.67. The van der Waals surface area contributed by atoms with Crippen LogP contribution in [-0.4, -0.2) is 23.5 Å². The van der Waals surface area contributed by atoms with Crippen LogP contribution in [0.15, 0.2) is 22.7 Å². The topological polar surface area (TPSA) is 92.4 Å². The van der Waals surface area contributed by atoms with Gasteiger partial charge in [-0.25, -0.2) is 4.79 Å². The molecule has 1 rings (SSSR count). The molecule has 5 nitrogen and oxygen atoms in total. The largest absolute Gasteiger partial charge is 0.478 e. The van der Waals surface area contributed by atoms with Gasteiger partial charge < -0.3 is 16.2 Å². The van der Waals surface area contributed by atoms with Crippen LogP contribution >= 0.6 is 15.9 Å². The monoisotopic (exact) mass is 356 g/mol. The average molecular weight is 357 g/mol. The van der Waals surface area contributed by atoms with E-state index >= 15 is 0 Å². The van der Waals surface area contributed by atoms with E-state index in [1.807, 2.05) is 0 Å². The first-order valence-corrected chi connectivity index (χ1v) is 7.65. The zero-order chi connectivity index (χ0) is 16.0. The molecule has 0 bridgehead atoms. The maximum absolute atomic E-state index is 12.1. The van der Waals surface area contributed by atoms with E-state index in [9.17, 15) is 9.59 Å². The zero-order valence-corrected chi connectivity index (χ0v) is 13.8. The van der Waals surface area contributed by atoms with Crippen LogP contribution in [0.1, 0.15) is 37.0 Å². The smallest absolute Gasteiger partial charge is 0.337 e. The minimum atomic E-state index is -1.07. The number of hydrogen-bond acceptors (Lipinski definition) is 3. The van der Waals surface area contributed by atoms with E-state index in [2.05, 4.69) is 35.1 Å². The van der Waals surface area contributed by atoms with Crippen LogP contribution in [-0.2, 0) is 4.79 Å². The van der Waals surface area contributed by atoms with Crippen molar-refractivity contribution in [2.45, 2.75) is 26.7 Å². The Balaban J connectivity index is 2.78. The number of hydrogen-bond donors (Lipinski definition) is 3. The molecule has 1 aromatic rings. The minimum Gasteiger partial charge on any atom is -0.478 e. The Morgan fingerprint density at radius 3 is 2.57 bits per heavy atom. The molecule has 116 valence electrons. The minimum absolute atomic E-state index is 0.0692. The summed E-state index contributed by atoms with van der Waals surface area (Å²) < 4.78 is 0.709. The zero-order valence-electron chi connectivity index (χ0n) is 12.2. The van der Waals surface area contributed by atoms with E-state index in [1.165, 1.54) is 6.07 Å². The number of carboxylic acid groups (broad SMARTS) is 1. The Morgan fingerprint density at radius 1 is 1.38 bits per heavy atom. The van der Waals surface area contributed by atoms with E-state index in [0.717, 1.165) is 6.42 Å². The van der Waals surface area contributed by atoms with Gasteiger partial charge in [-0.2, -0.15) is 0 Å². The molecule has 0 aliphatic carbocycles. The van der Waals surface area contributed by atoms with Crippen molar-refractivity contribution in [3.05, 3.63) is 28.2 Å². The molecule has 0 fully saturated rings. The molecule has 1 unspecified atom stereocenters. The van der Waals surface area contributed by atoms with Gasteiger partial charge in [-0.15, -0.1) is 0 Å². The van der Waals surface area contributed by atoms with E-state index in [-0.39, 0.29) is 17.4 Å². The third-order valence-corrected chi connectivity index (χ3v) is 3.59. The van der Waals surface area contributed by atoms with Crippen LogP contribution in [0.5, 0.6) is 0 Å². The molecule has 1 amide bonds. The number of anilines is 1. The predicted molar refractivity (Wildman–Crippen MR) is 86.3 cm³/mol. The van der Waals surface area contributed by atoms with E-state index < -0.39 is 5.97 Å². The highest BCUT2D eigenvalue weighted by atomic mass is 79.9. The van der Waals surface area contributed by atoms with Crippen LogP contribution < -0.4 is 11.1 Å². The fraction of sp³-hybridized carbons (Fsp3) is 0.467. The third-order valence-electron chi connectivity index (χ3n) is 3.10. The third kappa shape index (κ3) is 5.85. The first-order chi connectivity index (χ1) is 9.83. The van der Waals surface area contributed by atoms with E-state index in [1.54, 1.807) is 12.1 Å². The van der Waals surface area contributed by atoms with Gasteiger partial charge in [0.2, 0.25) is 5.91 Å². The van der Waals surface area contributed by atoms with Gasteiger partial charge in [0, 0.05) is 10.9 Å². The Hall–Kier alpha value is -1.40. The second-order valence-corrected chi connectivity index (χ2v) is 6.39. The fourth-order valence-electron chi connectivity index (χ4n) is 2.20. The van der Waals surface area contributed by atoms with Crippen molar-refractivity contribution >= 4 is 33.5 Å². The standard InChI is InChI=1S/C15H21BrN2O3/c1-9(2)5-10(8-17)6-14(19)18-13-7-11(16)3-4-12(13)15(20)21/h3-4,7,9-10H,5-6,8,17H2,1-2H3,(H,18,19)(H,20,21). The van der Waals surface area contributed by atoms with Gasteiger partial charge in [-0.3, -0.25) is 4.79 Å². The molecule has 0 saturated heterocycles. The van der Waals surface area contributed by atoms with Gasteiger partial charge in [0.1, 0.15) is 0 Å². The molecular weight excluding hydrogens is 336 g/mol.